The minimum absolute atomic E-state index is 0.0698. The molecular weight excluding hydrogens is 192 g/mol. The van der Waals surface area contributed by atoms with Gasteiger partial charge in [-0.25, -0.2) is 13.4 Å². The Morgan fingerprint density at radius 2 is 2.31 bits per heavy atom. The minimum atomic E-state index is -2.94. The summed E-state index contributed by atoms with van der Waals surface area (Å²) in [5.74, 6) is 0.592. The molecule has 0 fully saturated rings. The van der Waals surface area contributed by atoms with E-state index < -0.39 is 9.84 Å². The van der Waals surface area contributed by atoms with Crippen LogP contribution in [-0.4, -0.2) is 35.2 Å². The summed E-state index contributed by atoms with van der Waals surface area (Å²) in [5.41, 5.74) is 5.29. The van der Waals surface area contributed by atoms with E-state index in [0.29, 0.717) is 12.4 Å². The van der Waals surface area contributed by atoms with Gasteiger partial charge in [-0.05, 0) is 0 Å². The van der Waals surface area contributed by atoms with Gasteiger partial charge in [0, 0.05) is 6.26 Å². The highest BCUT2D eigenvalue weighted by Gasteiger charge is 2.03. The van der Waals surface area contributed by atoms with Crippen LogP contribution in [0.1, 0.15) is 5.82 Å². The predicted octanol–water partition coefficient (Wildman–Crippen LogP) is -1.22. The molecule has 7 heteroatoms. The Hall–Kier alpha value is -0.950. The fraction of sp³-hybridized carbons (Fsp3) is 0.667. The summed E-state index contributed by atoms with van der Waals surface area (Å²) in [6, 6.07) is 0. The molecule has 0 amide bonds. The van der Waals surface area contributed by atoms with Gasteiger partial charge in [0.2, 0.25) is 0 Å². The highest BCUT2D eigenvalue weighted by atomic mass is 32.2. The lowest BCUT2D eigenvalue weighted by molar-refractivity contribution is 0.584. The third kappa shape index (κ3) is 3.51. The quantitative estimate of drug-likeness (QED) is 0.664. The number of sulfone groups is 1. The molecular formula is C6H12N4O2S. The first kappa shape index (κ1) is 10.1. The number of nitrogens with two attached hydrogens (primary N) is 1. The summed E-state index contributed by atoms with van der Waals surface area (Å²) in [5, 5.41) is 3.95. The van der Waals surface area contributed by atoms with Gasteiger partial charge in [-0.2, -0.15) is 5.10 Å². The number of hydrogen-bond acceptors (Lipinski definition) is 5. The molecule has 1 heterocycles. The highest BCUT2D eigenvalue weighted by Crippen LogP contribution is 1.90. The first-order valence-electron chi connectivity index (χ1n) is 3.77. The van der Waals surface area contributed by atoms with Crippen LogP contribution in [0.5, 0.6) is 0 Å². The number of rotatable bonds is 4. The third-order valence-electron chi connectivity index (χ3n) is 1.46. The zero-order valence-electron chi connectivity index (χ0n) is 7.34. The summed E-state index contributed by atoms with van der Waals surface area (Å²) < 4.78 is 23.1. The molecule has 0 saturated carbocycles. The Bertz CT molecular complexity index is 370. The Labute approximate surface area is 76.7 Å². The summed E-state index contributed by atoms with van der Waals surface area (Å²) in [6.45, 7) is 0.595. The second-order valence-electron chi connectivity index (χ2n) is 2.76. The zero-order chi connectivity index (χ0) is 9.90. The van der Waals surface area contributed by atoms with Crippen LogP contribution in [0.4, 0.5) is 0 Å². The van der Waals surface area contributed by atoms with Crippen LogP contribution in [-0.2, 0) is 22.9 Å². The molecule has 0 bridgehead atoms. The van der Waals surface area contributed by atoms with Gasteiger partial charge in [0.25, 0.3) is 0 Å². The molecule has 0 aromatic carbocycles. The number of aromatic nitrogens is 3. The van der Waals surface area contributed by atoms with E-state index in [4.69, 9.17) is 5.73 Å². The summed E-state index contributed by atoms with van der Waals surface area (Å²) >= 11 is 0. The summed E-state index contributed by atoms with van der Waals surface area (Å²) in [6.07, 6.45) is 2.67. The van der Waals surface area contributed by atoms with Gasteiger partial charge in [-0.1, -0.05) is 0 Å². The maximum Gasteiger partial charge on any atom is 0.164 e. The molecule has 0 spiro atoms. The number of hydrogen-bond donors (Lipinski definition) is 1. The van der Waals surface area contributed by atoms with Crippen molar-refractivity contribution < 1.29 is 8.42 Å². The molecule has 0 unspecified atom stereocenters. The van der Waals surface area contributed by atoms with Gasteiger partial charge in [-0.15, -0.1) is 0 Å². The van der Waals surface area contributed by atoms with E-state index in [0.717, 1.165) is 0 Å². The second-order valence-corrected chi connectivity index (χ2v) is 5.02. The van der Waals surface area contributed by atoms with Crippen LogP contribution in [0, 0.1) is 0 Å². The highest BCUT2D eigenvalue weighted by molar-refractivity contribution is 7.90. The van der Waals surface area contributed by atoms with E-state index in [9.17, 15) is 8.42 Å². The third-order valence-corrected chi connectivity index (χ3v) is 2.38. The van der Waals surface area contributed by atoms with E-state index in [1.54, 1.807) is 0 Å². The van der Waals surface area contributed by atoms with E-state index in [1.807, 2.05) is 0 Å². The van der Waals surface area contributed by atoms with Crippen LogP contribution in [0.25, 0.3) is 0 Å². The minimum Gasteiger partial charge on any atom is -0.324 e. The van der Waals surface area contributed by atoms with Gasteiger partial charge in [0.05, 0.1) is 18.8 Å². The Kier molecular flexibility index (Phi) is 2.99. The first-order valence-corrected chi connectivity index (χ1v) is 5.83. The number of nitrogens with zero attached hydrogens (tertiary/aromatic N) is 3. The Morgan fingerprint density at radius 1 is 1.62 bits per heavy atom. The van der Waals surface area contributed by atoms with Gasteiger partial charge >= 0.3 is 0 Å². The topological polar surface area (TPSA) is 90.9 Å². The van der Waals surface area contributed by atoms with Crippen molar-refractivity contribution in [1.29, 1.82) is 0 Å². The van der Waals surface area contributed by atoms with Crippen molar-refractivity contribution in [3.05, 3.63) is 12.2 Å². The van der Waals surface area contributed by atoms with Crippen molar-refractivity contribution in [2.75, 3.05) is 12.0 Å². The Morgan fingerprint density at radius 3 is 2.77 bits per heavy atom. The van der Waals surface area contributed by atoms with E-state index in [2.05, 4.69) is 10.1 Å². The largest absolute Gasteiger partial charge is 0.324 e. The monoisotopic (exact) mass is 204 g/mol. The maximum atomic E-state index is 10.8. The van der Waals surface area contributed by atoms with E-state index >= 15 is 0 Å². The van der Waals surface area contributed by atoms with Crippen LogP contribution in [0.3, 0.4) is 0 Å². The van der Waals surface area contributed by atoms with E-state index in [-0.39, 0.29) is 12.3 Å². The van der Waals surface area contributed by atoms with Crippen LogP contribution in [0.2, 0.25) is 0 Å². The molecule has 74 valence electrons. The zero-order valence-corrected chi connectivity index (χ0v) is 8.16. The molecule has 0 aliphatic rings. The van der Waals surface area contributed by atoms with Crippen LogP contribution in [0.15, 0.2) is 6.33 Å². The molecule has 0 aliphatic heterocycles. The molecule has 6 nitrogen and oxygen atoms in total. The maximum absolute atomic E-state index is 10.8. The molecule has 0 aliphatic carbocycles. The lowest BCUT2D eigenvalue weighted by Gasteiger charge is -1.97. The lowest BCUT2D eigenvalue weighted by atomic mass is 10.6. The van der Waals surface area contributed by atoms with Crippen molar-refractivity contribution in [3.8, 4) is 0 Å². The van der Waals surface area contributed by atoms with Gasteiger partial charge < -0.3 is 5.73 Å². The first-order chi connectivity index (χ1) is 6.01. The molecule has 0 saturated heterocycles. The molecule has 0 atom stereocenters. The number of aryl methyl sites for hydroxylation is 1. The molecule has 1 aromatic heterocycles. The van der Waals surface area contributed by atoms with Crippen molar-refractivity contribution in [2.45, 2.75) is 13.1 Å². The fourth-order valence-electron chi connectivity index (χ4n) is 0.794. The molecule has 0 radical (unpaired) electrons. The molecule has 1 rings (SSSR count). The van der Waals surface area contributed by atoms with Crippen molar-refractivity contribution in [1.82, 2.24) is 14.8 Å². The summed E-state index contributed by atoms with van der Waals surface area (Å²) in [7, 11) is -2.94. The average molecular weight is 204 g/mol. The van der Waals surface area contributed by atoms with Gasteiger partial charge in [-0.3, -0.25) is 4.68 Å². The fourth-order valence-corrected chi connectivity index (χ4v) is 1.31. The predicted molar refractivity (Wildman–Crippen MR) is 47.6 cm³/mol. The van der Waals surface area contributed by atoms with Gasteiger partial charge in [0.15, 0.2) is 5.82 Å². The van der Waals surface area contributed by atoms with Crippen LogP contribution < -0.4 is 5.73 Å². The van der Waals surface area contributed by atoms with Crippen molar-refractivity contribution in [2.24, 2.45) is 5.73 Å². The molecule has 13 heavy (non-hydrogen) atoms. The normalized spacial score (nSPS) is 11.8. The summed E-state index contributed by atoms with van der Waals surface area (Å²) in [4.78, 5) is 3.87. The van der Waals surface area contributed by atoms with Crippen molar-refractivity contribution in [3.63, 3.8) is 0 Å². The molecule has 1 aromatic rings. The van der Waals surface area contributed by atoms with Crippen molar-refractivity contribution >= 4 is 9.84 Å². The standard InChI is InChI=1S/C6H12N4O2S/c1-13(11,12)3-2-10-5-8-6(4-7)9-10/h5H,2-4,7H2,1H3. The second kappa shape index (κ2) is 3.84. The Balaban J connectivity index is 2.55. The van der Waals surface area contributed by atoms with Gasteiger partial charge in [0.1, 0.15) is 16.2 Å². The molecule has 2 N–H and O–H groups in total. The lowest BCUT2D eigenvalue weighted by Crippen LogP contribution is -2.12. The SMILES string of the molecule is CS(=O)(=O)CCn1cnc(CN)n1. The van der Waals surface area contributed by atoms with Crippen LogP contribution >= 0.6 is 0 Å². The van der Waals surface area contributed by atoms with E-state index in [1.165, 1.54) is 17.3 Å². The smallest absolute Gasteiger partial charge is 0.164 e. The average Bonchev–Trinajstić information content (AvgIpc) is 2.47.